The van der Waals surface area contributed by atoms with Crippen LogP contribution < -0.4 is 0 Å². The third kappa shape index (κ3) is 2.48. The molecule has 0 unspecified atom stereocenters. The van der Waals surface area contributed by atoms with E-state index in [4.69, 9.17) is 0 Å². The van der Waals surface area contributed by atoms with E-state index in [1.165, 1.54) is 38.9 Å². The van der Waals surface area contributed by atoms with Crippen molar-refractivity contribution in [3.8, 4) is 0 Å². The van der Waals surface area contributed by atoms with Crippen LogP contribution in [0.1, 0.15) is 38.9 Å². The van der Waals surface area contributed by atoms with Gasteiger partial charge in [-0.05, 0) is 74.4 Å². The molecule has 0 heteroatoms. The lowest BCUT2D eigenvalue weighted by atomic mass is 9.91. The fourth-order valence-electron chi connectivity index (χ4n) is 2.68. The summed E-state index contributed by atoms with van der Waals surface area (Å²) < 4.78 is 0. The second-order valence-electron chi connectivity index (χ2n) is 5.41. The lowest BCUT2D eigenvalue weighted by molar-refractivity contribution is 1.08. The van der Waals surface area contributed by atoms with Crippen LogP contribution in [0.5, 0.6) is 0 Å². The predicted octanol–water partition coefficient (Wildman–Crippen LogP) is 4.82. The summed E-state index contributed by atoms with van der Waals surface area (Å²) in [5.41, 5.74) is 9.92. The first kappa shape index (κ1) is 12.9. The van der Waals surface area contributed by atoms with Gasteiger partial charge in [0.1, 0.15) is 0 Å². The van der Waals surface area contributed by atoms with Crippen LogP contribution >= 0.6 is 0 Å². The summed E-state index contributed by atoms with van der Waals surface area (Å²) in [6.07, 6.45) is 1.05. The van der Waals surface area contributed by atoms with Crippen LogP contribution in [0.2, 0.25) is 0 Å². The number of aryl methyl sites for hydroxylation is 4. The van der Waals surface area contributed by atoms with Crippen molar-refractivity contribution < 1.29 is 0 Å². The van der Waals surface area contributed by atoms with E-state index in [1.54, 1.807) is 0 Å². The zero-order valence-electron chi connectivity index (χ0n) is 12.1. The number of rotatable bonds is 2. The maximum absolute atomic E-state index is 2.29. The van der Waals surface area contributed by atoms with Gasteiger partial charge < -0.3 is 0 Å². The first-order chi connectivity index (χ1) is 8.49. The van der Waals surface area contributed by atoms with E-state index in [2.05, 4.69) is 65.0 Å². The summed E-state index contributed by atoms with van der Waals surface area (Å²) in [6, 6.07) is 11.2. The van der Waals surface area contributed by atoms with E-state index >= 15 is 0 Å². The van der Waals surface area contributed by atoms with Gasteiger partial charge in [-0.25, -0.2) is 0 Å². The van der Waals surface area contributed by atoms with Crippen LogP contribution in [0, 0.1) is 34.6 Å². The topological polar surface area (TPSA) is 0 Å². The molecule has 0 heterocycles. The molecule has 0 fully saturated rings. The molecule has 94 valence electrons. The van der Waals surface area contributed by atoms with Crippen molar-refractivity contribution in [1.29, 1.82) is 0 Å². The highest BCUT2D eigenvalue weighted by Gasteiger charge is 2.07. The lowest BCUT2D eigenvalue weighted by Crippen LogP contribution is -1.99. The van der Waals surface area contributed by atoms with Crippen LogP contribution in [-0.4, -0.2) is 0 Å². The second kappa shape index (κ2) is 4.97. The van der Waals surface area contributed by atoms with E-state index in [9.17, 15) is 0 Å². The largest absolute Gasteiger partial charge is 0.0617 e. The molecule has 2 rings (SSSR count). The second-order valence-corrected chi connectivity index (χ2v) is 5.41. The summed E-state index contributed by atoms with van der Waals surface area (Å²) in [5.74, 6) is 0. The Morgan fingerprint density at radius 3 is 2.00 bits per heavy atom. The lowest BCUT2D eigenvalue weighted by Gasteiger charge is -2.14. The van der Waals surface area contributed by atoms with E-state index < -0.39 is 0 Å². The first-order valence-electron chi connectivity index (χ1n) is 6.61. The number of benzene rings is 2. The quantitative estimate of drug-likeness (QED) is 0.703. The van der Waals surface area contributed by atoms with Crippen LogP contribution in [-0.2, 0) is 6.42 Å². The molecule has 0 aliphatic rings. The summed E-state index contributed by atoms with van der Waals surface area (Å²) in [4.78, 5) is 0. The van der Waals surface area contributed by atoms with Gasteiger partial charge in [-0.15, -0.1) is 0 Å². The van der Waals surface area contributed by atoms with Crippen LogP contribution in [0.4, 0.5) is 0 Å². The van der Waals surface area contributed by atoms with Gasteiger partial charge in [0.05, 0.1) is 0 Å². The predicted molar refractivity (Wildman–Crippen MR) is 79.4 cm³/mol. The summed E-state index contributed by atoms with van der Waals surface area (Å²) in [7, 11) is 0. The normalized spacial score (nSPS) is 10.7. The molecule has 0 amide bonds. The van der Waals surface area contributed by atoms with Gasteiger partial charge in [0.15, 0.2) is 0 Å². The molecular weight excluding hydrogens is 216 g/mol. The fourth-order valence-corrected chi connectivity index (χ4v) is 2.68. The highest BCUT2D eigenvalue weighted by molar-refractivity contribution is 5.43. The van der Waals surface area contributed by atoms with Crippen LogP contribution in [0.3, 0.4) is 0 Å². The van der Waals surface area contributed by atoms with Gasteiger partial charge in [-0.2, -0.15) is 0 Å². The molecule has 18 heavy (non-hydrogen) atoms. The molecule has 2 aromatic carbocycles. The first-order valence-corrected chi connectivity index (χ1v) is 6.61. The molecule has 0 saturated heterocycles. The minimum absolute atomic E-state index is 1.05. The fraction of sp³-hybridized carbons (Fsp3) is 0.333. The molecule has 0 spiro atoms. The molecule has 0 aromatic heterocycles. The van der Waals surface area contributed by atoms with E-state index in [0.29, 0.717) is 0 Å². The maximum Gasteiger partial charge on any atom is -0.00178 e. The molecule has 0 saturated carbocycles. The monoisotopic (exact) mass is 238 g/mol. The standard InChI is InChI=1S/C18H22/c1-12-9-14(3)18(15(4)10-12)11-17-8-6-7-13(2)16(17)5/h6-10H,11H2,1-5H3. The Morgan fingerprint density at radius 2 is 1.39 bits per heavy atom. The Bertz CT molecular complexity index is 554. The Labute approximate surface area is 111 Å². The van der Waals surface area contributed by atoms with Gasteiger partial charge in [0.2, 0.25) is 0 Å². The summed E-state index contributed by atoms with van der Waals surface area (Å²) in [5, 5.41) is 0. The van der Waals surface area contributed by atoms with E-state index in [0.717, 1.165) is 6.42 Å². The molecular formula is C18H22. The van der Waals surface area contributed by atoms with E-state index in [1.807, 2.05) is 0 Å². The van der Waals surface area contributed by atoms with Crippen LogP contribution in [0.15, 0.2) is 30.3 Å². The van der Waals surface area contributed by atoms with Crippen molar-refractivity contribution in [3.05, 3.63) is 69.3 Å². The van der Waals surface area contributed by atoms with Crippen molar-refractivity contribution in [3.63, 3.8) is 0 Å². The van der Waals surface area contributed by atoms with Gasteiger partial charge in [0.25, 0.3) is 0 Å². The van der Waals surface area contributed by atoms with Crippen molar-refractivity contribution in [2.75, 3.05) is 0 Å². The summed E-state index contributed by atoms with van der Waals surface area (Å²) >= 11 is 0. The minimum atomic E-state index is 1.05. The Balaban J connectivity index is 2.43. The summed E-state index contributed by atoms with van der Waals surface area (Å²) in [6.45, 7) is 11.0. The highest BCUT2D eigenvalue weighted by atomic mass is 14.1. The Morgan fingerprint density at radius 1 is 0.778 bits per heavy atom. The molecule has 0 aliphatic heterocycles. The highest BCUT2D eigenvalue weighted by Crippen LogP contribution is 2.22. The molecule has 0 N–H and O–H groups in total. The number of hydrogen-bond donors (Lipinski definition) is 0. The smallest absolute Gasteiger partial charge is 0.00178 e. The average molecular weight is 238 g/mol. The van der Waals surface area contributed by atoms with Crippen molar-refractivity contribution in [2.24, 2.45) is 0 Å². The zero-order valence-corrected chi connectivity index (χ0v) is 12.1. The average Bonchev–Trinajstić information content (AvgIpc) is 2.28. The van der Waals surface area contributed by atoms with Gasteiger partial charge >= 0.3 is 0 Å². The maximum atomic E-state index is 2.29. The van der Waals surface area contributed by atoms with Crippen LogP contribution in [0.25, 0.3) is 0 Å². The molecule has 0 radical (unpaired) electrons. The third-order valence-electron chi connectivity index (χ3n) is 3.92. The molecule has 0 aliphatic carbocycles. The minimum Gasteiger partial charge on any atom is -0.0617 e. The molecule has 0 atom stereocenters. The third-order valence-corrected chi connectivity index (χ3v) is 3.92. The Hall–Kier alpha value is -1.56. The van der Waals surface area contributed by atoms with Crippen molar-refractivity contribution in [2.45, 2.75) is 41.0 Å². The molecule has 0 bridgehead atoms. The van der Waals surface area contributed by atoms with E-state index in [-0.39, 0.29) is 0 Å². The van der Waals surface area contributed by atoms with Crippen molar-refractivity contribution in [1.82, 2.24) is 0 Å². The Kier molecular flexibility index (Phi) is 3.56. The van der Waals surface area contributed by atoms with Gasteiger partial charge in [-0.1, -0.05) is 35.9 Å². The molecule has 2 aromatic rings. The number of hydrogen-bond acceptors (Lipinski definition) is 0. The van der Waals surface area contributed by atoms with Gasteiger partial charge in [-0.3, -0.25) is 0 Å². The van der Waals surface area contributed by atoms with Gasteiger partial charge in [0, 0.05) is 0 Å². The van der Waals surface area contributed by atoms with Crippen molar-refractivity contribution >= 4 is 0 Å². The zero-order chi connectivity index (χ0) is 13.3. The SMILES string of the molecule is Cc1cc(C)c(Cc2cccc(C)c2C)c(C)c1. The molecule has 0 nitrogen and oxygen atoms in total.